The van der Waals surface area contributed by atoms with Gasteiger partial charge in [0.05, 0.1) is 19.8 Å². The maximum Gasteiger partial charge on any atom is 0.0700 e. The molecule has 0 saturated heterocycles. The summed E-state index contributed by atoms with van der Waals surface area (Å²) in [5.41, 5.74) is 0.333. The van der Waals surface area contributed by atoms with Crippen molar-refractivity contribution in [2.75, 3.05) is 33.0 Å². The first-order chi connectivity index (χ1) is 7.77. The average Bonchev–Trinajstić information content (AvgIpc) is 2.20. The Kier molecular flexibility index (Phi) is 8.01. The number of nitrogens with one attached hydrogen (secondary N) is 1. The molecule has 0 aromatic heterocycles. The Morgan fingerprint density at radius 3 is 2.00 bits per heavy atom. The Bertz CT molecular complexity index is 185. The van der Waals surface area contributed by atoms with Gasteiger partial charge in [0.1, 0.15) is 0 Å². The monoisotopic (exact) mass is 245 g/mol. The van der Waals surface area contributed by atoms with E-state index in [-0.39, 0.29) is 11.0 Å². The molecule has 0 saturated carbocycles. The third-order valence-corrected chi connectivity index (χ3v) is 2.31. The summed E-state index contributed by atoms with van der Waals surface area (Å²) < 4.78 is 11.0. The fourth-order valence-electron chi connectivity index (χ4n) is 1.27. The van der Waals surface area contributed by atoms with E-state index in [9.17, 15) is 0 Å². The van der Waals surface area contributed by atoms with Crippen LogP contribution in [0.5, 0.6) is 0 Å². The molecule has 1 N–H and O–H groups in total. The van der Waals surface area contributed by atoms with Crippen molar-refractivity contribution in [3.8, 4) is 0 Å². The number of rotatable bonds is 9. The molecule has 0 fully saturated rings. The first-order valence-corrected chi connectivity index (χ1v) is 6.67. The molecule has 0 aliphatic heterocycles. The average molecular weight is 245 g/mol. The molecular weight excluding hydrogens is 214 g/mol. The Balaban J connectivity index is 3.57. The molecule has 0 bridgehead atoms. The highest BCUT2D eigenvalue weighted by atomic mass is 16.5. The van der Waals surface area contributed by atoms with Crippen LogP contribution in [0.4, 0.5) is 0 Å². The van der Waals surface area contributed by atoms with Crippen LogP contribution in [0.2, 0.25) is 0 Å². The van der Waals surface area contributed by atoms with Crippen molar-refractivity contribution >= 4 is 0 Å². The fourth-order valence-corrected chi connectivity index (χ4v) is 1.27. The van der Waals surface area contributed by atoms with E-state index in [1.165, 1.54) is 0 Å². The molecule has 0 atom stereocenters. The van der Waals surface area contributed by atoms with Crippen LogP contribution in [0.3, 0.4) is 0 Å². The van der Waals surface area contributed by atoms with Gasteiger partial charge in [0, 0.05) is 24.1 Å². The van der Waals surface area contributed by atoms with E-state index in [0.29, 0.717) is 13.2 Å². The molecule has 0 aromatic carbocycles. The Morgan fingerprint density at radius 2 is 1.47 bits per heavy atom. The van der Waals surface area contributed by atoms with E-state index in [4.69, 9.17) is 9.47 Å². The highest BCUT2D eigenvalue weighted by Crippen LogP contribution is 2.15. The lowest BCUT2D eigenvalue weighted by atomic mass is 9.93. The lowest BCUT2D eigenvalue weighted by Gasteiger charge is -2.30. The van der Waals surface area contributed by atoms with Gasteiger partial charge in [0.25, 0.3) is 0 Å². The summed E-state index contributed by atoms with van der Waals surface area (Å²) in [4.78, 5) is 0. The zero-order valence-corrected chi connectivity index (χ0v) is 12.6. The molecule has 3 nitrogen and oxygen atoms in total. The van der Waals surface area contributed by atoms with Gasteiger partial charge < -0.3 is 14.8 Å². The van der Waals surface area contributed by atoms with Crippen LogP contribution in [-0.4, -0.2) is 38.5 Å². The zero-order chi connectivity index (χ0) is 13.4. The molecule has 0 unspecified atom stereocenters. The lowest BCUT2D eigenvalue weighted by molar-refractivity contribution is 0.0137. The second kappa shape index (κ2) is 8.06. The van der Waals surface area contributed by atoms with Gasteiger partial charge in [-0.15, -0.1) is 0 Å². The lowest BCUT2D eigenvalue weighted by Crippen LogP contribution is -2.43. The predicted octanol–water partition coefficient (Wildman–Crippen LogP) is 2.84. The maximum atomic E-state index is 5.65. The zero-order valence-electron chi connectivity index (χ0n) is 12.6. The van der Waals surface area contributed by atoms with Crippen LogP contribution in [0.1, 0.15) is 48.0 Å². The van der Waals surface area contributed by atoms with Crippen LogP contribution in [0.25, 0.3) is 0 Å². The predicted molar refractivity (Wildman–Crippen MR) is 73.5 cm³/mol. The van der Waals surface area contributed by atoms with E-state index < -0.39 is 0 Å². The van der Waals surface area contributed by atoms with Gasteiger partial charge in [-0.25, -0.2) is 0 Å². The van der Waals surface area contributed by atoms with Crippen molar-refractivity contribution in [3.63, 3.8) is 0 Å². The van der Waals surface area contributed by atoms with Gasteiger partial charge in [-0.1, -0.05) is 20.8 Å². The molecule has 104 valence electrons. The van der Waals surface area contributed by atoms with E-state index in [2.05, 4.69) is 46.9 Å². The molecule has 0 rings (SSSR count). The fraction of sp³-hybridized carbons (Fsp3) is 1.00. The third kappa shape index (κ3) is 12.1. The summed E-state index contributed by atoms with van der Waals surface area (Å²) in [5.74, 6) is 0. The summed E-state index contributed by atoms with van der Waals surface area (Å²) in [6, 6.07) is 0. The normalized spacial score (nSPS) is 13.1. The minimum Gasteiger partial charge on any atom is -0.379 e. The van der Waals surface area contributed by atoms with Crippen molar-refractivity contribution in [1.82, 2.24) is 5.32 Å². The highest BCUT2D eigenvalue weighted by Gasteiger charge is 2.20. The molecule has 0 amide bonds. The SMILES string of the molecule is CCCOCCOCC(C)(C)CNC(C)(C)C. The summed E-state index contributed by atoms with van der Waals surface area (Å²) in [6.45, 7) is 17.1. The Hall–Kier alpha value is -0.120. The quantitative estimate of drug-likeness (QED) is 0.634. The van der Waals surface area contributed by atoms with Crippen molar-refractivity contribution < 1.29 is 9.47 Å². The molecule has 0 aliphatic rings. The number of hydrogen-bond donors (Lipinski definition) is 1. The van der Waals surface area contributed by atoms with Crippen molar-refractivity contribution in [2.45, 2.75) is 53.5 Å². The second-order valence-corrected chi connectivity index (χ2v) is 6.43. The molecule has 17 heavy (non-hydrogen) atoms. The number of hydrogen-bond acceptors (Lipinski definition) is 3. The molecule has 3 heteroatoms. The van der Waals surface area contributed by atoms with Crippen LogP contribution in [0.15, 0.2) is 0 Å². The minimum absolute atomic E-state index is 0.165. The highest BCUT2D eigenvalue weighted by molar-refractivity contribution is 4.77. The minimum atomic E-state index is 0.165. The largest absolute Gasteiger partial charge is 0.379 e. The second-order valence-electron chi connectivity index (χ2n) is 6.43. The van der Waals surface area contributed by atoms with Gasteiger partial charge in [-0.2, -0.15) is 0 Å². The van der Waals surface area contributed by atoms with Gasteiger partial charge in [0.2, 0.25) is 0 Å². The van der Waals surface area contributed by atoms with Gasteiger partial charge >= 0.3 is 0 Å². The van der Waals surface area contributed by atoms with Crippen molar-refractivity contribution in [1.29, 1.82) is 0 Å². The molecule has 0 aromatic rings. The van der Waals surface area contributed by atoms with E-state index in [1.54, 1.807) is 0 Å². The van der Waals surface area contributed by atoms with Crippen LogP contribution in [-0.2, 0) is 9.47 Å². The summed E-state index contributed by atoms with van der Waals surface area (Å²) >= 11 is 0. The first kappa shape index (κ1) is 16.9. The van der Waals surface area contributed by atoms with Crippen molar-refractivity contribution in [2.24, 2.45) is 5.41 Å². The molecule has 0 spiro atoms. The van der Waals surface area contributed by atoms with Crippen LogP contribution >= 0.6 is 0 Å². The maximum absolute atomic E-state index is 5.65. The van der Waals surface area contributed by atoms with E-state index in [0.717, 1.165) is 26.2 Å². The van der Waals surface area contributed by atoms with Gasteiger partial charge in [-0.05, 0) is 27.2 Å². The Morgan fingerprint density at radius 1 is 0.882 bits per heavy atom. The molecule has 0 radical (unpaired) electrons. The van der Waals surface area contributed by atoms with Gasteiger partial charge in [-0.3, -0.25) is 0 Å². The molecular formula is C14H31NO2. The molecule has 0 heterocycles. The molecule has 0 aliphatic carbocycles. The summed E-state index contributed by atoms with van der Waals surface area (Å²) in [5, 5.41) is 3.51. The van der Waals surface area contributed by atoms with Gasteiger partial charge in [0.15, 0.2) is 0 Å². The van der Waals surface area contributed by atoms with Crippen LogP contribution < -0.4 is 5.32 Å². The van der Waals surface area contributed by atoms with E-state index >= 15 is 0 Å². The Labute approximate surface area is 107 Å². The summed E-state index contributed by atoms with van der Waals surface area (Å²) in [6.07, 6.45) is 1.07. The van der Waals surface area contributed by atoms with E-state index in [1.807, 2.05) is 0 Å². The standard InChI is InChI=1S/C14H31NO2/c1-7-8-16-9-10-17-12-14(5,6)11-15-13(2,3)4/h15H,7-12H2,1-6H3. The first-order valence-electron chi connectivity index (χ1n) is 6.67. The topological polar surface area (TPSA) is 30.5 Å². The van der Waals surface area contributed by atoms with Crippen LogP contribution in [0, 0.1) is 5.41 Å². The third-order valence-electron chi connectivity index (χ3n) is 2.31. The summed E-state index contributed by atoms with van der Waals surface area (Å²) in [7, 11) is 0. The van der Waals surface area contributed by atoms with Crippen molar-refractivity contribution in [3.05, 3.63) is 0 Å². The number of ether oxygens (including phenoxy) is 2. The smallest absolute Gasteiger partial charge is 0.0700 e.